The number of amides is 2. The van der Waals surface area contributed by atoms with E-state index in [9.17, 15) is 18.0 Å². The van der Waals surface area contributed by atoms with Crippen LogP contribution in [0.25, 0.3) is 0 Å². The lowest BCUT2D eigenvalue weighted by Crippen LogP contribution is -2.49. The molecule has 0 heterocycles. The molecule has 0 aromatic heterocycles. The molecule has 0 radical (unpaired) electrons. The molecule has 0 aliphatic rings. The first kappa shape index (κ1) is 29.9. The van der Waals surface area contributed by atoms with Gasteiger partial charge in [0.25, 0.3) is 0 Å². The molecule has 198 valence electrons. The second kappa shape index (κ2) is 13.3. The number of carbonyl (C=O) groups is 2. The Morgan fingerprint density at radius 1 is 1.06 bits per heavy atom. The van der Waals surface area contributed by atoms with Crippen molar-refractivity contribution in [1.82, 2.24) is 10.2 Å². The van der Waals surface area contributed by atoms with E-state index in [1.165, 1.54) is 9.21 Å². The normalized spacial score (nSPS) is 12.2. The van der Waals surface area contributed by atoms with Crippen molar-refractivity contribution < 1.29 is 18.0 Å². The largest absolute Gasteiger partial charge is 0.355 e. The zero-order valence-electron chi connectivity index (χ0n) is 21.5. The summed E-state index contributed by atoms with van der Waals surface area (Å²) in [5, 5.41) is 3.68. The van der Waals surface area contributed by atoms with Crippen LogP contribution in [-0.2, 0) is 26.2 Å². The summed E-state index contributed by atoms with van der Waals surface area (Å²) < 4.78 is 26.5. The molecule has 0 fully saturated rings. The summed E-state index contributed by atoms with van der Waals surface area (Å²) in [4.78, 5) is 27.7. The molecule has 10 heteroatoms. The van der Waals surface area contributed by atoms with Crippen molar-refractivity contribution in [3.8, 4) is 0 Å². The van der Waals surface area contributed by atoms with Gasteiger partial charge in [0.05, 0.1) is 11.9 Å². The van der Waals surface area contributed by atoms with Crippen molar-refractivity contribution in [2.45, 2.75) is 59.5 Å². The number of nitrogens with zero attached hydrogens (tertiary/aromatic N) is 2. The Labute approximate surface area is 224 Å². The van der Waals surface area contributed by atoms with E-state index in [2.05, 4.69) is 5.32 Å². The van der Waals surface area contributed by atoms with Gasteiger partial charge in [-0.3, -0.25) is 13.9 Å². The van der Waals surface area contributed by atoms with E-state index in [0.717, 1.165) is 17.4 Å². The Kier molecular flexibility index (Phi) is 11.1. The Bertz CT molecular complexity index is 1190. The first-order valence-corrected chi connectivity index (χ1v) is 14.6. The molecule has 0 spiro atoms. The number of nitrogens with one attached hydrogen (secondary N) is 1. The maximum absolute atomic E-state index is 13.4. The number of hydrogen-bond acceptors (Lipinski definition) is 4. The van der Waals surface area contributed by atoms with Crippen molar-refractivity contribution in [3.63, 3.8) is 0 Å². The monoisotopic (exact) mass is 555 g/mol. The zero-order valence-corrected chi connectivity index (χ0v) is 23.8. The van der Waals surface area contributed by atoms with Gasteiger partial charge >= 0.3 is 0 Å². The highest BCUT2D eigenvalue weighted by molar-refractivity contribution is 7.92. The maximum Gasteiger partial charge on any atom is 0.242 e. The fourth-order valence-corrected chi connectivity index (χ4v) is 5.50. The summed E-state index contributed by atoms with van der Waals surface area (Å²) in [7, 11) is -3.56. The van der Waals surface area contributed by atoms with Crippen LogP contribution in [0.15, 0.2) is 36.4 Å². The van der Waals surface area contributed by atoms with Gasteiger partial charge in [0.15, 0.2) is 0 Å². The van der Waals surface area contributed by atoms with Crippen LogP contribution in [0.1, 0.15) is 49.8 Å². The van der Waals surface area contributed by atoms with Crippen LogP contribution in [0.2, 0.25) is 10.0 Å². The van der Waals surface area contributed by atoms with Crippen LogP contribution in [0.4, 0.5) is 5.69 Å². The topological polar surface area (TPSA) is 86.8 Å². The number of hydrogen-bond donors (Lipinski definition) is 1. The first-order valence-electron chi connectivity index (χ1n) is 11.9. The Balaban J connectivity index is 2.27. The van der Waals surface area contributed by atoms with E-state index in [4.69, 9.17) is 23.2 Å². The number of aryl methyl sites for hydroxylation is 2. The molecule has 2 aromatic carbocycles. The molecule has 0 aliphatic heterocycles. The van der Waals surface area contributed by atoms with Gasteiger partial charge < -0.3 is 10.2 Å². The summed E-state index contributed by atoms with van der Waals surface area (Å²) in [6.45, 7) is 8.14. The summed E-state index contributed by atoms with van der Waals surface area (Å²) >= 11 is 12.4. The van der Waals surface area contributed by atoms with Crippen LogP contribution in [0, 0.1) is 13.8 Å². The van der Waals surface area contributed by atoms with Crippen LogP contribution < -0.4 is 9.62 Å². The van der Waals surface area contributed by atoms with Gasteiger partial charge in [-0.25, -0.2) is 8.42 Å². The zero-order chi connectivity index (χ0) is 27.0. The number of anilines is 1. The van der Waals surface area contributed by atoms with E-state index < -0.39 is 16.1 Å². The van der Waals surface area contributed by atoms with E-state index >= 15 is 0 Å². The minimum atomic E-state index is -3.56. The quantitative estimate of drug-likeness (QED) is 0.394. The highest BCUT2D eigenvalue weighted by Gasteiger charge is 2.29. The van der Waals surface area contributed by atoms with Crippen molar-refractivity contribution in [1.29, 1.82) is 0 Å². The molecule has 36 heavy (non-hydrogen) atoms. The first-order chi connectivity index (χ1) is 16.9. The predicted octanol–water partition coefficient (Wildman–Crippen LogP) is 5.10. The average molecular weight is 557 g/mol. The maximum atomic E-state index is 13.4. The van der Waals surface area contributed by atoms with Crippen LogP contribution in [0.3, 0.4) is 0 Å². The molecular weight excluding hydrogens is 521 g/mol. The second-order valence-electron chi connectivity index (χ2n) is 8.80. The standard InChI is InChI=1S/C26H35Cl2N3O4S/c1-6-23(26(33)29-7-2)30(17-20-12-13-21(27)16-22(20)28)25(32)9-8-14-31(36(5,34)35)24-15-18(3)10-11-19(24)4/h10-13,15-16,23H,6-9,14,17H2,1-5H3,(H,29,33). The van der Waals surface area contributed by atoms with Gasteiger partial charge in [-0.2, -0.15) is 0 Å². The lowest BCUT2D eigenvalue weighted by molar-refractivity contribution is -0.141. The summed E-state index contributed by atoms with van der Waals surface area (Å²) in [6.07, 6.45) is 1.93. The van der Waals surface area contributed by atoms with E-state index in [0.29, 0.717) is 34.3 Å². The summed E-state index contributed by atoms with van der Waals surface area (Å²) in [6, 6.07) is 9.97. The fraction of sp³-hybridized carbons (Fsp3) is 0.462. The number of likely N-dealkylation sites (N-methyl/N-ethyl adjacent to an activating group) is 1. The van der Waals surface area contributed by atoms with Gasteiger partial charge in [-0.05, 0) is 68.5 Å². The van der Waals surface area contributed by atoms with Gasteiger partial charge in [-0.1, -0.05) is 48.3 Å². The molecular formula is C26H35Cl2N3O4S. The minimum absolute atomic E-state index is 0.0675. The lowest BCUT2D eigenvalue weighted by atomic mass is 10.1. The lowest BCUT2D eigenvalue weighted by Gasteiger charge is -2.31. The van der Waals surface area contributed by atoms with Crippen LogP contribution >= 0.6 is 23.2 Å². The molecule has 7 nitrogen and oxygen atoms in total. The van der Waals surface area contributed by atoms with Crippen molar-refractivity contribution in [3.05, 3.63) is 63.1 Å². The SMILES string of the molecule is CCNC(=O)C(CC)N(Cc1ccc(Cl)cc1Cl)C(=O)CCCN(c1cc(C)ccc1C)S(C)(=O)=O. The molecule has 1 N–H and O–H groups in total. The van der Waals surface area contributed by atoms with Crippen molar-refractivity contribution >= 4 is 50.7 Å². The Hall–Kier alpha value is -2.29. The molecule has 2 rings (SSSR count). The molecule has 0 aliphatic carbocycles. The van der Waals surface area contributed by atoms with Gasteiger partial charge in [0.2, 0.25) is 21.8 Å². The molecule has 0 saturated carbocycles. The predicted molar refractivity (Wildman–Crippen MR) is 147 cm³/mol. The molecule has 1 unspecified atom stereocenters. The third-order valence-corrected chi connectivity index (χ3v) is 7.65. The Morgan fingerprint density at radius 3 is 2.33 bits per heavy atom. The van der Waals surface area contributed by atoms with E-state index in [1.807, 2.05) is 45.9 Å². The highest BCUT2D eigenvalue weighted by Crippen LogP contribution is 2.26. The van der Waals surface area contributed by atoms with Gasteiger partial charge in [0, 0.05) is 36.1 Å². The third kappa shape index (κ3) is 8.11. The fourth-order valence-electron chi connectivity index (χ4n) is 4.02. The molecule has 0 saturated heterocycles. The number of benzene rings is 2. The van der Waals surface area contributed by atoms with Gasteiger partial charge in [-0.15, -0.1) is 0 Å². The number of carbonyl (C=O) groups excluding carboxylic acids is 2. The molecule has 1 atom stereocenters. The number of rotatable bonds is 12. The number of halogens is 2. The van der Waals surface area contributed by atoms with Crippen LogP contribution in [-0.4, -0.2) is 50.5 Å². The van der Waals surface area contributed by atoms with Crippen molar-refractivity contribution in [2.75, 3.05) is 23.7 Å². The third-order valence-electron chi connectivity index (χ3n) is 5.88. The average Bonchev–Trinajstić information content (AvgIpc) is 2.79. The molecule has 2 aromatic rings. The highest BCUT2D eigenvalue weighted by atomic mass is 35.5. The van der Waals surface area contributed by atoms with E-state index in [1.54, 1.807) is 18.2 Å². The Morgan fingerprint density at radius 2 is 1.75 bits per heavy atom. The van der Waals surface area contributed by atoms with E-state index in [-0.39, 0.29) is 37.7 Å². The summed E-state index contributed by atoms with van der Waals surface area (Å²) in [5.74, 6) is -0.500. The smallest absolute Gasteiger partial charge is 0.242 e. The number of sulfonamides is 1. The van der Waals surface area contributed by atoms with Crippen molar-refractivity contribution in [2.24, 2.45) is 0 Å². The molecule has 2 amide bonds. The van der Waals surface area contributed by atoms with Crippen LogP contribution in [0.5, 0.6) is 0 Å². The molecule has 0 bridgehead atoms. The van der Waals surface area contributed by atoms with Gasteiger partial charge in [0.1, 0.15) is 6.04 Å². The second-order valence-corrected chi connectivity index (χ2v) is 11.6. The summed E-state index contributed by atoms with van der Waals surface area (Å²) in [5.41, 5.74) is 3.05. The minimum Gasteiger partial charge on any atom is -0.355 e.